The van der Waals surface area contributed by atoms with Crippen LogP contribution in [0.3, 0.4) is 0 Å². The topological polar surface area (TPSA) is 78.0 Å². The number of hydrogen-bond acceptors (Lipinski definition) is 5. The first-order valence-corrected chi connectivity index (χ1v) is 9.60. The summed E-state index contributed by atoms with van der Waals surface area (Å²) in [5.74, 6) is 0.694. The Hall–Kier alpha value is -2.44. The largest absolute Gasteiger partial charge is 0.352 e. The quantitative estimate of drug-likeness (QED) is 0.853. The fourth-order valence-electron chi connectivity index (χ4n) is 3.89. The number of likely N-dealkylation sites (tertiary alicyclic amines) is 1. The number of anilines is 1. The summed E-state index contributed by atoms with van der Waals surface area (Å²) in [4.78, 5) is 25.3. The molecule has 0 aromatic carbocycles. The number of H-pyrrole nitrogens is 1. The first-order valence-electron chi connectivity index (χ1n) is 9.60. The summed E-state index contributed by atoms with van der Waals surface area (Å²) in [5.41, 5.74) is 4.17. The molecular weight excluding hydrogens is 328 g/mol. The summed E-state index contributed by atoms with van der Waals surface area (Å²) >= 11 is 0. The van der Waals surface area contributed by atoms with Crippen molar-refractivity contribution >= 4 is 11.7 Å². The summed E-state index contributed by atoms with van der Waals surface area (Å²) in [6.07, 6.45) is 11.3. The van der Waals surface area contributed by atoms with E-state index in [2.05, 4.69) is 20.2 Å². The average Bonchev–Trinajstić information content (AvgIpc) is 3.27. The number of carbonyl (C=O) groups excluding carboxylic acids is 1. The molecule has 0 radical (unpaired) electrons. The normalized spacial score (nSPS) is 17.0. The van der Waals surface area contributed by atoms with Gasteiger partial charge in [-0.1, -0.05) is 6.42 Å². The van der Waals surface area contributed by atoms with Crippen LogP contribution in [0.25, 0.3) is 0 Å². The van der Waals surface area contributed by atoms with Gasteiger partial charge >= 0.3 is 0 Å². The highest BCUT2D eigenvalue weighted by Gasteiger charge is 2.22. The van der Waals surface area contributed by atoms with Crippen molar-refractivity contribution in [3.05, 3.63) is 35.0 Å². The lowest BCUT2D eigenvalue weighted by molar-refractivity contribution is 0.0786. The molecule has 0 unspecified atom stereocenters. The van der Waals surface area contributed by atoms with E-state index in [0.29, 0.717) is 18.1 Å². The molecule has 3 heterocycles. The number of hydrogen-bond donors (Lipinski definition) is 1. The van der Waals surface area contributed by atoms with Crippen molar-refractivity contribution in [2.24, 2.45) is 0 Å². The highest BCUT2D eigenvalue weighted by atomic mass is 16.2. The summed E-state index contributed by atoms with van der Waals surface area (Å²) in [5, 5.41) is 7.75. The van der Waals surface area contributed by atoms with Crippen molar-refractivity contribution in [2.45, 2.75) is 51.5 Å². The number of aryl methyl sites for hydroxylation is 1. The molecule has 1 aliphatic carbocycles. The second-order valence-electron chi connectivity index (χ2n) is 7.31. The third-order valence-corrected chi connectivity index (χ3v) is 5.40. The number of nitrogens with one attached hydrogen (secondary N) is 1. The van der Waals surface area contributed by atoms with E-state index in [4.69, 9.17) is 0 Å². The summed E-state index contributed by atoms with van der Waals surface area (Å²) in [6.45, 7) is 2.31. The Labute approximate surface area is 153 Å². The van der Waals surface area contributed by atoms with Gasteiger partial charge in [-0.05, 0) is 44.1 Å². The number of amides is 1. The Morgan fingerprint density at radius 3 is 2.81 bits per heavy atom. The lowest BCUT2D eigenvalue weighted by Crippen LogP contribution is -2.29. The third kappa shape index (κ3) is 3.43. The number of nitrogens with zero attached hydrogens (tertiary/aromatic N) is 5. The van der Waals surface area contributed by atoms with Gasteiger partial charge in [0, 0.05) is 25.8 Å². The van der Waals surface area contributed by atoms with E-state index in [1.807, 2.05) is 16.8 Å². The van der Waals surface area contributed by atoms with Crippen LogP contribution < -0.4 is 4.90 Å². The maximum absolute atomic E-state index is 12.6. The van der Waals surface area contributed by atoms with Crippen LogP contribution in [0.2, 0.25) is 0 Å². The number of fused-ring (bicyclic) bond motifs is 1. The van der Waals surface area contributed by atoms with Crippen molar-refractivity contribution in [3.63, 3.8) is 0 Å². The van der Waals surface area contributed by atoms with Crippen LogP contribution >= 0.6 is 0 Å². The van der Waals surface area contributed by atoms with Crippen molar-refractivity contribution in [1.29, 1.82) is 0 Å². The molecule has 7 nitrogen and oxygen atoms in total. The van der Waals surface area contributed by atoms with Crippen LogP contribution in [-0.4, -0.2) is 51.1 Å². The van der Waals surface area contributed by atoms with Gasteiger partial charge in [-0.3, -0.25) is 14.9 Å². The minimum atomic E-state index is -0.0149. The van der Waals surface area contributed by atoms with Crippen molar-refractivity contribution in [3.8, 4) is 0 Å². The van der Waals surface area contributed by atoms with Crippen LogP contribution in [0.15, 0.2) is 12.4 Å². The minimum Gasteiger partial charge on any atom is -0.352 e. The van der Waals surface area contributed by atoms with Crippen LogP contribution in [0, 0.1) is 0 Å². The van der Waals surface area contributed by atoms with Gasteiger partial charge in [0.05, 0.1) is 24.6 Å². The number of rotatable bonds is 4. The molecule has 0 bridgehead atoms. The average molecular weight is 354 g/mol. The van der Waals surface area contributed by atoms with Gasteiger partial charge in [0.2, 0.25) is 0 Å². The molecule has 1 fully saturated rings. The number of aromatic nitrogens is 4. The Bertz CT molecular complexity index is 780. The maximum atomic E-state index is 12.6. The molecule has 1 aliphatic heterocycles. The van der Waals surface area contributed by atoms with Gasteiger partial charge in [-0.25, -0.2) is 4.98 Å². The van der Waals surface area contributed by atoms with Gasteiger partial charge in [0.1, 0.15) is 11.5 Å². The van der Waals surface area contributed by atoms with Crippen LogP contribution in [-0.2, 0) is 19.4 Å². The molecule has 2 aromatic heterocycles. The fourth-order valence-corrected chi connectivity index (χ4v) is 3.89. The molecule has 0 atom stereocenters. The highest BCUT2D eigenvalue weighted by Crippen LogP contribution is 2.23. The van der Waals surface area contributed by atoms with Crippen molar-refractivity contribution in [2.75, 3.05) is 25.0 Å². The minimum absolute atomic E-state index is 0.0149. The Morgan fingerprint density at radius 2 is 1.96 bits per heavy atom. The monoisotopic (exact) mass is 354 g/mol. The molecular formula is C19H26N6O. The Kier molecular flexibility index (Phi) is 4.86. The first-order chi connectivity index (χ1) is 12.7. The molecule has 7 heteroatoms. The molecule has 138 valence electrons. The maximum Gasteiger partial charge on any atom is 0.274 e. The molecule has 1 N–H and O–H groups in total. The van der Waals surface area contributed by atoms with Gasteiger partial charge in [0.15, 0.2) is 0 Å². The van der Waals surface area contributed by atoms with E-state index in [1.165, 1.54) is 30.5 Å². The molecule has 4 rings (SSSR count). The summed E-state index contributed by atoms with van der Waals surface area (Å²) in [6, 6.07) is 0. The predicted octanol–water partition coefficient (Wildman–Crippen LogP) is 2.34. The lowest BCUT2D eigenvalue weighted by Gasteiger charge is -2.19. The zero-order valence-corrected chi connectivity index (χ0v) is 15.4. The smallest absolute Gasteiger partial charge is 0.274 e. The molecule has 2 aliphatic rings. The molecule has 0 saturated carbocycles. The Morgan fingerprint density at radius 1 is 1.15 bits per heavy atom. The van der Waals surface area contributed by atoms with E-state index in [0.717, 1.165) is 44.5 Å². The zero-order chi connectivity index (χ0) is 17.9. The number of aromatic amines is 1. The van der Waals surface area contributed by atoms with Gasteiger partial charge in [0.25, 0.3) is 5.91 Å². The van der Waals surface area contributed by atoms with E-state index < -0.39 is 0 Å². The second kappa shape index (κ2) is 7.43. The molecule has 2 aromatic rings. The molecule has 26 heavy (non-hydrogen) atoms. The van der Waals surface area contributed by atoms with Crippen molar-refractivity contribution < 1.29 is 4.79 Å². The van der Waals surface area contributed by atoms with E-state index in [-0.39, 0.29) is 5.91 Å². The van der Waals surface area contributed by atoms with E-state index >= 15 is 0 Å². The summed E-state index contributed by atoms with van der Waals surface area (Å²) < 4.78 is 0. The standard InChI is InChI=1S/C19H26N6O/c1-24(13-17-14-7-3-2-4-8-15(14)22-23-17)18-12-20-11-16(21-18)19(26)25-9-5-6-10-25/h11-12H,2-10,13H2,1H3,(H,22,23). The molecule has 1 saturated heterocycles. The Balaban J connectivity index is 1.50. The van der Waals surface area contributed by atoms with E-state index in [1.54, 1.807) is 12.4 Å². The van der Waals surface area contributed by atoms with Crippen molar-refractivity contribution in [1.82, 2.24) is 25.1 Å². The third-order valence-electron chi connectivity index (χ3n) is 5.40. The van der Waals surface area contributed by atoms with Crippen LogP contribution in [0.1, 0.15) is 59.5 Å². The number of carbonyl (C=O) groups is 1. The van der Waals surface area contributed by atoms with Gasteiger partial charge in [-0.2, -0.15) is 5.10 Å². The second-order valence-corrected chi connectivity index (χ2v) is 7.31. The van der Waals surface area contributed by atoms with E-state index in [9.17, 15) is 4.79 Å². The van der Waals surface area contributed by atoms with Crippen LogP contribution in [0.5, 0.6) is 0 Å². The lowest BCUT2D eigenvalue weighted by atomic mass is 10.1. The first kappa shape index (κ1) is 17.0. The summed E-state index contributed by atoms with van der Waals surface area (Å²) in [7, 11) is 1.98. The SMILES string of the molecule is CN(Cc1n[nH]c2c1CCCCC2)c1cncc(C(=O)N2CCCC2)n1. The molecule has 0 spiro atoms. The van der Waals surface area contributed by atoms with Gasteiger partial charge < -0.3 is 9.80 Å². The molecule has 1 amide bonds. The highest BCUT2D eigenvalue weighted by molar-refractivity contribution is 5.92. The predicted molar refractivity (Wildman–Crippen MR) is 99.1 cm³/mol. The fraction of sp³-hybridized carbons (Fsp3) is 0.579. The van der Waals surface area contributed by atoms with Crippen LogP contribution in [0.4, 0.5) is 5.82 Å². The van der Waals surface area contributed by atoms with Gasteiger partial charge in [-0.15, -0.1) is 0 Å². The zero-order valence-electron chi connectivity index (χ0n) is 15.4.